The summed E-state index contributed by atoms with van der Waals surface area (Å²) in [7, 11) is 0. The lowest BCUT2D eigenvalue weighted by Gasteiger charge is -2.20. The first-order chi connectivity index (χ1) is 6.21. The highest BCUT2D eigenvalue weighted by Gasteiger charge is 2.60. The predicted molar refractivity (Wildman–Crippen MR) is 42.6 cm³/mol. The molecule has 68 valence electrons. The lowest BCUT2D eigenvalue weighted by Crippen LogP contribution is -2.46. The number of hydrogen-bond donors (Lipinski definition) is 0. The van der Waals surface area contributed by atoms with Gasteiger partial charge in [-0.15, -0.1) is 6.58 Å². The van der Waals surface area contributed by atoms with Gasteiger partial charge in [-0.2, -0.15) is 0 Å². The van der Waals surface area contributed by atoms with Gasteiger partial charge in [-0.25, -0.2) is 4.79 Å². The molecule has 0 unspecified atom stereocenters. The standard InChI is InChI=1S/C9H8O4/c1-2-6-5-12-8(11)9(6)7(10)3-4-13-9/h2-4,6H,1,5H2/t6-,9-/m1/s1. The van der Waals surface area contributed by atoms with Gasteiger partial charge in [-0.3, -0.25) is 4.79 Å². The van der Waals surface area contributed by atoms with E-state index in [1.807, 2.05) is 0 Å². The number of cyclic esters (lactones) is 1. The first-order valence-corrected chi connectivity index (χ1v) is 3.90. The fourth-order valence-electron chi connectivity index (χ4n) is 1.58. The van der Waals surface area contributed by atoms with Gasteiger partial charge in [-0.1, -0.05) is 6.08 Å². The van der Waals surface area contributed by atoms with E-state index in [1.165, 1.54) is 18.4 Å². The molecule has 0 aliphatic carbocycles. The van der Waals surface area contributed by atoms with Gasteiger partial charge in [0.2, 0.25) is 5.78 Å². The smallest absolute Gasteiger partial charge is 0.359 e. The second-order valence-electron chi connectivity index (χ2n) is 2.96. The number of hydrogen-bond acceptors (Lipinski definition) is 4. The van der Waals surface area contributed by atoms with E-state index in [2.05, 4.69) is 6.58 Å². The van der Waals surface area contributed by atoms with E-state index in [-0.39, 0.29) is 18.3 Å². The zero-order valence-corrected chi connectivity index (χ0v) is 6.86. The van der Waals surface area contributed by atoms with Crippen molar-refractivity contribution in [1.82, 2.24) is 0 Å². The summed E-state index contributed by atoms with van der Waals surface area (Å²) in [6, 6.07) is 0. The van der Waals surface area contributed by atoms with Crippen LogP contribution in [0.15, 0.2) is 25.0 Å². The first-order valence-electron chi connectivity index (χ1n) is 3.90. The topological polar surface area (TPSA) is 52.6 Å². The van der Waals surface area contributed by atoms with Crippen LogP contribution in [0.25, 0.3) is 0 Å². The Labute approximate surface area is 74.8 Å². The van der Waals surface area contributed by atoms with Crippen LogP contribution in [0.4, 0.5) is 0 Å². The Kier molecular flexibility index (Phi) is 1.52. The van der Waals surface area contributed by atoms with Crippen molar-refractivity contribution >= 4 is 11.8 Å². The minimum atomic E-state index is -1.46. The van der Waals surface area contributed by atoms with Gasteiger partial charge in [0.1, 0.15) is 6.61 Å². The molecule has 2 aliphatic rings. The average Bonchev–Trinajstić information content (AvgIpc) is 2.63. The van der Waals surface area contributed by atoms with E-state index < -0.39 is 11.6 Å². The molecule has 1 fully saturated rings. The van der Waals surface area contributed by atoms with Crippen LogP contribution >= 0.6 is 0 Å². The summed E-state index contributed by atoms with van der Waals surface area (Å²) in [5.74, 6) is -1.37. The molecule has 0 aromatic heterocycles. The van der Waals surface area contributed by atoms with Gasteiger partial charge in [0.05, 0.1) is 12.2 Å². The Hall–Kier alpha value is -1.58. The Morgan fingerprint density at radius 3 is 2.92 bits per heavy atom. The summed E-state index contributed by atoms with van der Waals surface area (Å²) in [6.07, 6.45) is 3.98. The molecule has 0 N–H and O–H groups in total. The molecule has 1 saturated heterocycles. The lowest BCUT2D eigenvalue weighted by atomic mass is 9.87. The third-order valence-corrected chi connectivity index (χ3v) is 2.34. The van der Waals surface area contributed by atoms with Crippen LogP contribution in [-0.2, 0) is 19.1 Å². The normalized spacial score (nSPS) is 36.5. The third kappa shape index (κ3) is 0.798. The maximum Gasteiger partial charge on any atom is 0.359 e. The van der Waals surface area contributed by atoms with Gasteiger partial charge in [0, 0.05) is 6.08 Å². The van der Waals surface area contributed by atoms with Crippen molar-refractivity contribution in [3.63, 3.8) is 0 Å². The molecule has 0 saturated carbocycles. The summed E-state index contributed by atoms with van der Waals surface area (Å²) < 4.78 is 9.82. The number of carbonyl (C=O) groups is 2. The zero-order valence-electron chi connectivity index (χ0n) is 6.86. The molecule has 2 aliphatic heterocycles. The van der Waals surface area contributed by atoms with Crippen LogP contribution in [0.3, 0.4) is 0 Å². The lowest BCUT2D eigenvalue weighted by molar-refractivity contribution is -0.157. The summed E-state index contributed by atoms with van der Waals surface area (Å²) in [5, 5.41) is 0. The van der Waals surface area contributed by atoms with Crippen LogP contribution in [-0.4, -0.2) is 24.0 Å². The number of ketones is 1. The first kappa shape index (κ1) is 8.04. The number of esters is 1. The van der Waals surface area contributed by atoms with Gasteiger partial charge in [-0.05, 0) is 0 Å². The van der Waals surface area contributed by atoms with E-state index in [1.54, 1.807) is 0 Å². The fraction of sp³-hybridized carbons (Fsp3) is 0.333. The summed E-state index contributed by atoms with van der Waals surface area (Å²) in [5.41, 5.74) is -1.46. The van der Waals surface area contributed by atoms with Crippen molar-refractivity contribution in [3.05, 3.63) is 25.0 Å². The quantitative estimate of drug-likeness (QED) is 0.328. The summed E-state index contributed by atoms with van der Waals surface area (Å²) in [6.45, 7) is 3.70. The van der Waals surface area contributed by atoms with Crippen LogP contribution in [0.1, 0.15) is 0 Å². The van der Waals surface area contributed by atoms with Crippen LogP contribution in [0.5, 0.6) is 0 Å². The third-order valence-electron chi connectivity index (χ3n) is 2.34. The SMILES string of the molecule is C=C[C@@H]1COC(=O)[C@@]12OC=CC2=O. The second kappa shape index (κ2) is 2.45. The van der Waals surface area contributed by atoms with Gasteiger partial charge >= 0.3 is 5.97 Å². The number of carbonyl (C=O) groups excluding carboxylic acids is 2. The molecule has 13 heavy (non-hydrogen) atoms. The van der Waals surface area contributed by atoms with Gasteiger partial charge < -0.3 is 9.47 Å². The zero-order chi connectivity index (χ0) is 9.47. The van der Waals surface area contributed by atoms with E-state index in [9.17, 15) is 9.59 Å². The predicted octanol–water partition coefficient (Wildman–Crippen LogP) is 0.197. The van der Waals surface area contributed by atoms with Crippen LogP contribution < -0.4 is 0 Å². The minimum absolute atomic E-state index is 0.162. The van der Waals surface area contributed by atoms with Crippen molar-refractivity contribution in [1.29, 1.82) is 0 Å². The van der Waals surface area contributed by atoms with E-state index >= 15 is 0 Å². The Morgan fingerprint density at radius 2 is 2.38 bits per heavy atom. The maximum absolute atomic E-state index is 11.4. The molecule has 0 aromatic carbocycles. The summed E-state index contributed by atoms with van der Waals surface area (Å²) in [4.78, 5) is 22.7. The highest BCUT2D eigenvalue weighted by molar-refractivity contribution is 6.15. The molecule has 4 nitrogen and oxygen atoms in total. The van der Waals surface area contributed by atoms with Crippen molar-refractivity contribution in [2.45, 2.75) is 5.60 Å². The van der Waals surface area contributed by atoms with E-state index in [0.29, 0.717) is 0 Å². The molecular weight excluding hydrogens is 172 g/mol. The molecule has 1 spiro atoms. The molecule has 0 bridgehead atoms. The Bertz CT molecular complexity index is 318. The largest absolute Gasteiger partial charge is 0.474 e. The average molecular weight is 180 g/mol. The highest BCUT2D eigenvalue weighted by Crippen LogP contribution is 2.36. The van der Waals surface area contributed by atoms with Crippen LogP contribution in [0, 0.1) is 5.92 Å². The van der Waals surface area contributed by atoms with Crippen molar-refractivity contribution in [3.8, 4) is 0 Å². The molecule has 4 heteroatoms. The monoisotopic (exact) mass is 180 g/mol. The maximum atomic E-state index is 11.4. The number of rotatable bonds is 1. The van der Waals surface area contributed by atoms with Crippen LogP contribution in [0.2, 0.25) is 0 Å². The highest BCUT2D eigenvalue weighted by atomic mass is 16.6. The molecule has 0 radical (unpaired) electrons. The molecule has 2 atom stereocenters. The van der Waals surface area contributed by atoms with Gasteiger partial charge in [0.25, 0.3) is 5.60 Å². The van der Waals surface area contributed by atoms with E-state index in [4.69, 9.17) is 9.47 Å². The van der Waals surface area contributed by atoms with Crippen molar-refractivity contribution in [2.75, 3.05) is 6.61 Å². The molecular formula is C9H8O4. The summed E-state index contributed by atoms with van der Waals surface area (Å²) >= 11 is 0. The van der Waals surface area contributed by atoms with Crippen molar-refractivity contribution in [2.24, 2.45) is 5.92 Å². The molecule has 0 aromatic rings. The Morgan fingerprint density at radius 1 is 1.62 bits per heavy atom. The van der Waals surface area contributed by atoms with Crippen molar-refractivity contribution < 1.29 is 19.1 Å². The molecule has 2 heterocycles. The molecule has 2 rings (SSSR count). The minimum Gasteiger partial charge on any atom is -0.474 e. The Balaban J connectivity index is 2.43. The van der Waals surface area contributed by atoms with E-state index in [0.717, 1.165) is 0 Å². The molecule has 0 amide bonds. The fourth-order valence-corrected chi connectivity index (χ4v) is 1.58. The number of ether oxygens (including phenoxy) is 2. The second-order valence-corrected chi connectivity index (χ2v) is 2.96. The van der Waals surface area contributed by atoms with Gasteiger partial charge in [0.15, 0.2) is 0 Å².